The van der Waals surface area contributed by atoms with Crippen molar-refractivity contribution in [2.45, 2.75) is 19.0 Å². The number of alkyl halides is 3. The number of aryl methyl sites for hydroxylation is 1. The van der Waals surface area contributed by atoms with E-state index in [-0.39, 0.29) is 18.7 Å². The Labute approximate surface area is 166 Å². The first-order valence-corrected chi connectivity index (χ1v) is 9.19. The molecule has 0 spiro atoms. The van der Waals surface area contributed by atoms with E-state index in [2.05, 4.69) is 15.5 Å². The normalized spacial score (nSPS) is 11.3. The Morgan fingerprint density at radius 3 is 2.69 bits per heavy atom. The Morgan fingerprint density at radius 1 is 1.17 bits per heavy atom. The zero-order valence-electron chi connectivity index (χ0n) is 14.7. The number of amides is 1. The van der Waals surface area contributed by atoms with Crippen LogP contribution in [0, 0.1) is 0 Å². The van der Waals surface area contributed by atoms with E-state index in [9.17, 15) is 22.8 Å². The van der Waals surface area contributed by atoms with E-state index >= 15 is 0 Å². The molecule has 1 aromatic carbocycles. The molecule has 3 aromatic rings. The Kier molecular flexibility index (Phi) is 6.27. The maximum absolute atomic E-state index is 12.9. The Bertz CT molecular complexity index is 986. The van der Waals surface area contributed by atoms with Crippen LogP contribution in [0.1, 0.15) is 17.9 Å². The van der Waals surface area contributed by atoms with Gasteiger partial charge in [0.05, 0.1) is 22.5 Å². The van der Waals surface area contributed by atoms with Crippen molar-refractivity contribution in [2.24, 2.45) is 0 Å². The molecule has 0 radical (unpaired) electrons. The van der Waals surface area contributed by atoms with Crippen molar-refractivity contribution < 1.29 is 32.0 Å². The van der Waals surface area contributed by atoms with E-state index < -0.39 is 35.9 Å². The van der Waals surface area contributed by atoms with Crippen molar-refractivity contribution in [1.82, 2.24) is 10.1 Å². The molecule has 1 amide bonds. The third-order valence-corrected chi connectivity index (χ3v) is 4.49. The average Bonchev–Trinajstić information content (AvgIpc) is 3.36. The summed E-state index contributed by atoms with van der Waals surface area (Å²) in [6, 6.07) is 8.18. The largest absolute Gasteiger partial charge is 0.456 e. The number of aromatic nitrogens is 2. The zero-order chi connectivity index (χ0) is 20.9. The second kappa shape index (κ2) is 8.86. The number of benzene rings is 1. The van der Waals surface area contributed by atoms with E-state index in [1.54, 1.807) is 0 Å². The fraction of sp³-hybridized carbons (Fsp3) is 0.222. The van der Waals surface area contributed by atoms with Gasteiger partial charge in [-0.3, -0.25) is 9.59 Å². The van der Waals surface area contributed by atoms with Gasteiger partial charge in [-0.1, -0.05) is 23.4 Å². The van der Waals surface area contributed by atoms with E-state index in [0.717, 1.165) is 17.0 Å². The molecule has 1 N–H and O–H groups in total. The number of hydrogen-bond acceptors (Lipinski definition) is 7. The topological polar surface area (TPSA) is 94.3 Å². The zero-order valence-corrected chi connectivity index (χ0v) is 15.5. The molecular weight excluding hydrogens is 411 g/mol. The number of thiophene rings is 1. The van der Waals surface area contributed by atoms with Gasteiger partial charge in [-0.05, 0) is 23.6 Å². The van der Waals surface area contributed by atoms with Crippen molar-refractivity contribution in [1.29, 1.82) is 0 Å². The van der Waals surface area contributed by atoms with Crippen LogP contribution in [-0.2, 0) is 26.9 Å². The number of carbonyl (C=O) groups is 2. The van der Waals surface area contributed by atoms with Crippen molar-refractivity contribution in [3.8, 4) is 10.7 Å². The first kappa shape index (κ1) is 20.5. The minimum Gasteiger partial charge on any atom is -0.456 e. The number of anilines is 1. The molecule has 0 aliphatic heterocycles. The number of esters is 1. The molecule has 152 valence electrons. The number of nitrogens with one attached hydrogen (secondary N) is 1. The first-order valence-electron chi connectivity index (χ1n) is 8.31. The number of hydrogen-bond donors (Lipinski definition) is 1. The molecule has 29 heavy (non-hydrogen) atoms. The van der Waals surface area contributed by atoms with Crippen molar-refractivity contribution in [3.63, 3.8) is 0 Å². The number of nitrogens with zero attached hydrogens (tertiary/aromatic N) is 2. The second-order valence-corrected chi connectivity index (χ2v) is 6.69. The summed E-state index contributed by atoms with van der Waals surface area (Å²) >= 11 is 1.44. The molecule has 0 bridgehead atoms. The molecule has 0 saturated carbocycles. The lowest BCUT2D eigenvalue weighted by Crippen LogP contribution is -2.22. The fourth-order valence-corrected chi connectivity index (χ4v) is 2.96. The number of ether oxygens (including phenoxy) is 1. The van der Waals surface area contributed by atoms with Crippen LogP contribution in [0.25, 0.3) is 10.7 Å². The third-order valence-electron chi connectivity index (χ3n) is 3.62. The van der Waals surface area contributed by atoms with Gasteiger partial charge in [0.15, 0.2) is 6.61 Å². The Balaban J connectivity index is 1.46. The van der Waals surface area contributed by atoms with Crippen LogP contribution in [0.3, 0.4) is 0 Å². The summed E-state index contributed by atoms with van der Waals surface area (Å²) in [6.07, 6.45) is -4.64. The molecular formula is C18H14F3N3O4S. The molecule has 7 nitrogen and oxygen atoms in total. The monoisotopic (exact) mass is 425 g/mol. The number of carbonyl (C=O) groups excluding carboxylic acids is 2. The van der Waals surface area contributed by atoms with Crippen molar-refractivity contribution in [3.05, 3.63) is 53.2 Å². The highest BCUT2D eigenvalue weighted by molar-refractivity contribution is 7.13. The minimum atomic E-state index is -4.62. The molecule has 2 aromatic heterocycles. The maximum Gasteiger partial charge on any atom is 0.418 e. The highest BCUT2D eigenvalue weighted by Crippen LogP contribution is 2.34. The predicted octanol–water partition coefficient (Wildman–Crippen LogP) is 3.93. The number of halogens is 3. The first-order chi connectivity index (χ1) is 13.8. The molecule has 0 aliphatic carbocycles. The summed E-state index contributed by atoms with van der Waals surface area (Å²) in [5.74, 6) is -0.965. The van der Waals surface area contributed by atoms with Gasteiger partial charge in [-0.15, -0.1) is 11.3 Å². The summed E-state index contributed by atoms with van der Waals surface area (Å²) in [4.78, 5) is 28.5. The molecule has 0 aliphatic rings. The lowest BCUT2D eigenvalue weighted by Gasteiger charge is -2.13. The van der Waals surface area contributed by atoms with Gasteiger partial charge in [0, 0.05) is 6.42 Å². The van der Waals surface area contributed by atoms with Gasteiger partial charge in [0.2, 0.25) is 11.7 Å². The van der Waals surface area contributed by atoms with Crippen LogP contribution in [0.2, 0.25) is 0 Å². The summed E-state index contributed by atoms with van der Waals surface area (Å²) in [5.41, 5.74) is -1.40. The van der Waals surface area contributed by atoms with E-state index in [0.29, 0.717) is 5.82 Å². The molecule has 0 unspecified atom stereocenters. The fourth-order valence-electron chi connectivity index (χ4n) is 2.32. The molecule has 2 heterocycles. The van der Waals surface area contributed by atoms with Gasteiger partial charge in [0.25, 0.3) is 5.91 Å². The van der Waals surface area contributed by atoms with E-state index in [1.165, 1.54) is 23.5 Å². The smallest absolute Gasteiger partial charge is 0.418 e. The van der Waals surface area contributed by atoms with Crippen molar-refractivity contribution in [2.75, 3.05) is 11.9 Å². The molecule has 0 atom stereocenters. The van der Waals surface area contributed by atoms with E-state index in [4.69, 9.17) is 9.26 Å². The summed E-state index contributed by atoms with van der Waals surface area (Å²) in [7, 11) is 0. The van der Waals surface area contributed by atoms with Crippen LogP contribution >= 0.6 is 11.3 Å². The lowest BCUT2D eigenvalue weighted by atomic mass is 10.1. The average molecular weight is 425 g/mol. The minimum absolute atomic E-state index is 0.107. The lowest BCUT2D eigenvalue weighted by molar-refractivity contribution is -0.147. The second-order valence-electron chi connectivity index (χ2n) is 5.74. The molecule has 11 heteroatoms. The number of rotatable bonds is 7. The molecule has 0 fully saturated rings. The van der Waals surface area contributed by atoms with E-state index in [1.807, 2.05) is 17.5 Å². The third kappa shape index (κ3) is 5.64. The van der Waals surface area contributed by atoms with Crippen LogP contribution in [-0.4, -0.2) is 28.6 Å². The summed E-state index contributed by atoms with van der Waals surface area (Å²) in [6.45, 7) is -0.713. The van der Waals surface area contributed by atoms with Crippen LogP contribution < -0.4 is 5.32 Å². The van der Waals surface area contributed by atoms with Crippen molar-refractivity contribution >= 4 is 28.9 Å². The SMILES string of the molecule is O=C(COC(=O)CCc1nc(-c2cccs2)no1)Nc1ccccc1C(F)(F)F. The van der Waals surface area contributed by atoms with Gasteiger partial charge in [-0.2, -0.15) is 18.2 Å². The van der Waals surface area contributed by atoms with Gasteiger partial charge in [0.1, 0.15) is 0 Å². The predicted molar refractivity (Wildman–Crippen MR) is 97.0 cm³/mol. The van der Waals surface area contributed by atoms with Gasteiger partial charge >= 0.3 is 12.1 Å². The quantitative estimate of drug-likeness (QED) is 0.577. The highest BCUT2D eigenvalue weighted by atomic mass is 32.1. The van der Waals surface area contributed by atoms with Gasteiger partial charge in [-0.25, -0.2) is 0 Å². The standard InChI is InChI=1S/C18H14F3N3O4S/c19-18(20,21)11-4-1-2-5-12(11)22-14(25)10-27-16(26)8-7-15-23-17(24-28-15)13-6-3-9-29-13/h1-6,9H,7-8,10H2,(H,22,25). The molecule has 3 rings (SSSR count). The summed E-state index contributed by atoms with van der Waals surface area (Å²) < 4.78 is 48.6. The maximum atomic E-state index is 12.9. The Hall–Kier alpha value is -3.21. The van der Waals surface area contributed by atoms with Crippen LogP contribution in [0.5, 0.6) is 0 Å². The molecule has 0 saturated heterocycles. The summed E-state index contributed by atoms with van der Waals surface area (Å²) in [5, 5.41) is 7.75. The van der Waals surface area contributed by atoms with Crippen LogP contribution in [0.4, 0.5) is 18.9 Å². The Morgan fingerprint density at radius 2 is 1.97 bits per heavy atom. The number of para-hydroxylation sites is 1. The van der Waals surface area contributed by atoms with Crippen LogP contribution in [0.15, 0.2) is 46.3 Å². The van der Waals surface area contributed by atoms with Gasteiger partial charge < -0.3 is 14.6 Å². The highest BCUT2D eigenvalue weighted by Gasteiger charge is 2.33.